The summed E-state index contributed by atoms with van der Waals surface area (Å²) in [4.78, 5) is 12.6. The van der Waals surface area contributed by atoms with E-state index in [1.54, 1.807) is 19.2 Å². The molecule has 7 nitrogen and oxygen atoms in total. The Kier molecular flexibility index (Phi) is 5.79. The summed E-state index contributed by atoms with van der Waals surface area (Å²) in [6.07, 6.45) is 1.82. The van der Waals surface area contributed by atoms with E-state index in [1.807, 2.05) is 31.2 Å². The molecule has 0 aliphatic carbocycles. The van der Waals surface area contributed by atoms with Gasteiger partial charge in [0.05, 0.1) is 25.7 Å². The van der Waals surface area contributed by atoms with Crippen LogP contribution in [0.3, 0.4) is 0 Å². The second kappa shape index (κ2) is 8.10. The summed E-state index contributed by atoms with van der Waals surface area (Å²) in [6.45, 7) is 3.16. The molecule has 0 radical (unpaired) electrons. The van der Waals surface area contributed by atoms with Crippen LogP contribution in [0.5, 0.6) is 11.5 Å². The van der Waals surface area contributed by atoms with Gasteiger partial charge in [-0.3, -0.25) is 9.10 Å². The maximum Gasteiger partial charge on any atom is 0.251 e. The van der Waals surface area contributed by atoms with E-state index in [4.69, 9.17) is 9.47 Å². The SMILES string of the molecule is CCOc1ccc(CNC(=O)c2ccc3c(c2)N(S(C)(=O)=O)CC3)cc1OC. The number of amides is 1. The lowest BCUT2D eigenvalue weighted by Crippen LogP contribution is -2.28. The van der Waals surface area contributed by atoms with Crippen molar-refractivity contribution in [2.24, 2.45) is 0 Å². The molecule has 0 atom stereocenters. The number of hydrogen-bond acceptors (Lipinski definition) is 5. The smallest absolute Gasteiger partial charge is 0.251 e. The molecule has 28 heavy (non-hydrogen) atoms. The molecule has 0 spiro atoms. The molecule has 1 aliphatic heterocycles. The van der Waals surface area contributed by atoms with Crippen molar-refractivity contribution in [2.75, 3.05) is 30.8 Å². The number of rotatable bonds is 7. The monoisotopic (exact) mass is 404 g/mol. The van der Waals surface area contributed by atoms with Crippen LogP contribution >= 0.6 is 0 Å². The third-order valence-electron chi connectivity index (χ3n) is 4.58. The number of nitrogens with one attached hydrogen (secondary N) is 1. The van der Waals surface area contributed by atoms with Crippen LogP contribution in [0, 0.1) is 0 Å². The first-order valence-corrected chi connectivity index (χ1v) is 10.9. The Hall–Kier alpha value is -2.74. The Morgan fingerprint density at radius 3 is 2.64 bits per heavy atom. The van der Waals surface area contributed by atoms with E-state index in [9.17, 15) is 13.2 Å². The lowest BCUT2D eigenvalue weighted by molar-refractivity contribution is 0.0951. The minimum Gasteiger partial charge on any atom is -0.493 e. The number of carbonyl (C=O) groups excluding carboxylic acids is 1. The Balaban J connectivity index is 1.73. The Bertz CT molecular complexity index is 988. The molecular weight excluding hydrogens is 380 g/mol. The topological polar surface area (TPSA) is 84.9 Å². The number of nitrogens with zero attached hydrogens (tertiary/aromatic N) is 1. The van der Waals surface area contributed by atoms with Gasteiger partial charge in [0.25, 0.3) is 5.91 Å². The number of anilines is 1. The van der Waals surface area contributed by atoms with Crippen molar-refractivity contribution in [1.29, 1.82) is 0 Å². The number of hydrogen-bond donors (Lipinski definition) is 1. The number of fused-ring (bicyclic) bond motifs is 1. The normalized spacial score (nSPS) is 13.2. The highest BCUT2D eigenvalue weighted by molar-refractivity contribution is 7.92. The fraction of sp³-hybridized carbons (Fsp3) is 0.350. The third-order valence-corrected chi connectivity index (χ3v) is 5.76. The second-order valence-corrected chi connectivity index (χ2v) is 8.44. The molecule has 8 heteroatoms. The molecule has 2 aromatic carbocycles. The molecule has 0 unspecified atom stereocenters. The summed E-state index contributed by atoms with van der Waals surface area (Å²) in [6, 6.07) is 10.7. The third kappa shape index (κ3) is 4.22. The summed E-state index contributed by atoms with van der Waals surface area (Å²) in [5.74, 6) is 0.991. The van der Waals surface area contributed by atoms with Gasteiger partial charge in [0.1, 0.15) is 0 Å². The maximum absolute atomic E-state index is 12.6. The van der Waals surface area contributed by atoms with Crippen molar-refractivity contribution < 1.29 is 22.7 Å². The summed E-state index contributed by atoms with van der Waals surface area (Å²) >= 11 is 0. The van der Waals surface area contributed by atoms with Gasteiger partial charge in [-0.25, -0.2) is 8.42 Å². The largest absolute Gasteiger partial charge is 0.493 e. The molecule has 1 N–H and O–H groups in total. The van der Waals surface area contributed by atoms with Gasteiger partial charge in [-0.05, 0) is 48.7 Å². The van der Waals surface area contributed by atoms with Gasteiger partial charge >= 0.3 is 0 Å². The number of benzene rings is 2. The van der Waals surface area contributed by atoms with Gasteiger partial charge in [-0.2, -0.15) is 0 Å². The van der Waals surface area contributed by atoms with E-state index in [2.05, 4.69) is 5.32 Å². The highest BCUT2D eigenvalue weighted by Gasteiger charge is 2.27. The zero-order chi connectivity index (χ0) is 20.3. The molecule has 0 saturated heterocycles. The first-order chi connectivity index (χ1) is 13.3. The van der Waals surface area contributed by atoms with Crippen molar-refractivity contribution in [3.63, 3.8) is 0 Å². The quantitative estimate of drug-likeness (QED) is 0.766. The van der Waals surface area contributed by atoms with E-state index in [-0.39, 0.29) is 5.91 Å². The summed E-state index contributed by atoms with van der Waals surface area (Å²) in [7, 11) is -1.79. The van der Waals surface area contributed by atoms with E-state index >= 15 is 0 Å². The highest BCUT2D eigenvalue weighted by Crippen LogP contribution is 2.31. The molecule has 0 bridgehead atoms. The van der Waals surface area contributed by atoms with Gasteiger partial charge in [0, 0.05) is 18.7 Å². The van der Waals surface area contributed by atoms with Crippen LogP contribution in [0.4, 0.5) is 5.69 Å². The molecule has 0 fully saturated rings. The minimum absolute atomic E-state index is 0.268. The Morgan fingerprint density at radius 1 is 1.18 bits per heavy atom. The number of ether oxygens (including phenoxy) is 2. The van der Waals surface area contributed by atoms with Crippen LogP contribution in [0.15, 0.2) is 36.4 Å². The minimum atomic E-state index is -3.35. The Morgan fingerprint density at radius 2 is 1.96 bits per heavy atom. The first kappa shape index (κ1) is 20.0. The van der Waals surface area contributed by atoms with Crippen LogP contribution in [-0.4, -0.2) is 40.8 Å². The van der Waals surface area contributed by atoms with Crippen molar-refractivity contribution in [3.05, 3.63) is 53.1 Å². The summed E-state index contributed by atoms with van der Waals surface area (Å²) in [5, 5.41) is 2.86. The molecule has 1 heterocycles. The highest BCUT2D eigenvalue weighted by atomic mass is 32.2. The fourth-order valence-electron chi connectivity index (χ4n) is 3.22. The van der Waals surface area contributed by atoms with Gasteiger partial charge in [-0.1, -0.05) is 12.1 Å². The molecule has 0 saturated carbocycles. The van der Waals surface area contributed by atoms with Gasteiger partial charge in [0.2, 0.25) is 10.0 Å². The molecule has 0 aromatic heterocycles. The average Bonchev–Trinajstić information content (AvgIpc) is 3.10. The van der Waals surface area contributed by atoms with Crippen molar-refractivity contribution in [2.45, 2.75) is 19.9 Å². The van der Waals surface area contributed by atoms with Crippen LogP contribution in [0.2, 0.25) is 0 Å². The van der Waals surface area contributed by atoms with Gasteiger partial charge < -0.3 is 14.8 Å². The number of carbonyl (C=O) groups is 1. The van der Waals surface area contributed by atoms with Crippen LogP contribution < -0.4 is 19.1 Å². The number of methoxy groups -OCH3 is 1. The van der Waals surface area contributed by atoms with Crippen LogP contribution in [0.1, 0.15) is 28.4 Å². The fourth-order valence-corrected chi connectivity index (χ4v) is 4.17. The van der Waals surface area contributed by atoms with E-state index in [1.165, 1.54) is 10.6 Å². The van der Waals surface area contributed by atoms with Gasteiger partial charge in [-0.15, -0.1) is 0 Å². The predicted octanol–water partition coefficient (Wildman–Crippen LogP) is 2.35. The summed E-state index contributed by atoms with van der Waals surface area (Å²) in [5.41, 5.74) is 2.80. The molecule has 150 valence electrons. The molecule has 1 aliphatic rings. The van der Waals surface area contributed by atoms with Crippen LogP contribution in [-0.2, 0) is 23.0 Å². The van der Waals surface area contributed by atoms with Crippen LogP contribution in [0.25, 0.3) is 0 Å². The van der Waals surface area contributed by atoms with E-state index in [0.717, 1.165) is 11.1 Å². The lowest BCUT2D eigenvalue weighted by atomic mass is 10.1. The number of sulfonamides is 1. The van der Waals surface area contributed by atoms with E-state index < -0.39 is 10.0 Å². The van der Waals surface area contributed by atoms with Crippen molar-refractivity contribution in [1.82, 2.24) is 5.32 Å². The first-order valence-electron chi connectivity index (χ1n) is 9.02. The molecule has 2 aromatic rings. The van der Waals surface area contributed by atoms with E-state index in [0.29, 0.717) is 48.9 Å². The van der Waals surface area contributed by atoms with Crippen molar-refractivity contribution in [3.8, 4) is 11.5 Å². The van der Waals surface area contributed by atoms with Crippen molar-refractivity contribution >= 4 is 21.6 Å². The molecular formula is C20H24N2O5S. The molecule has 3 rings (SSSR count). The predicted molar refractivity (Wildman–Crippen MR) is 108 cm³/mol. The average molecular weight is 404 g/mol. The zero-order valence-corrected chi connectivity index (χ0v) is 17.0. The van der Waals surface area contributed by atoms with Gasteiger partial charge in [0.15, 0.2) is 11.5 Å². The zero-order valence-electron chi connectivity index (χ0n) is 16.2. The summed E-state index contributed by atoms with van der Waals surface area (Å²) < 4.78 is 36.0. The molecule has 1 amide bonds. The standard InChI is InChI=1S/C20H24N2O5S/c1-4-27-18-8-5-14(11-19(18)26-2)13-21-20(23)16-7-6-15-9-10-22(17(15)12-16)28(3,24)25/h5-8,11-12H,4,9-10,13H2,1-3H3,(H,21,23). The maximum atomic E-state index is 12.6. The lowest BCUT2D eigenvalue weighted by Gasteiger charge is -2.17. The second-order valence-electron chi connectivity index (χ2n) is 6.53. The Labute approximate surface area is 165 Å².